The van der Waals surface area contributed by atoms with Gasteiger partial charge in [-0.15, -0.1) is 0 Å². The molecule has 1 N–H and O–H groups in total. The number of allylic oxidation sites excluding steroid dienone is 12. The normalized spacial score (nSPS) is 14.1. The molecule has 0 fully saturated rings. The number of phosphoric ester groups is 1. The van der Waals surface area contributed by atoms with Crippen molar-refractivity contribution in [1.82, 2.24) is 0 Å². The summed E-state index contributed by atoms with van der Waals surface area (Å²) in [4.78, 5) is 35.4. The molecule has 0 aromatic heterocycles. The SMILES string of the molecule is CC/C=C\C/C=C\C/C=C\CCCCCC(=O)OCC(COP(=O)(O)OCC[N+](C)(C)C)OC(=O)CCCCCCCCCCCC/C=C\C/C=C\C/C=C\CCCCCCC. The van der Waals surface area contributed by atoms with Gasteiger partial charge in [0.2, 0.25) is 0 Å². The van der Waals surface area contributed by atoms with E-state index in [1.54, 1.807) is 0 Å². The number of esters is 2. The highest BCUT2D eigenvalue weighted by Crippen LogP contribution is 2.43. The largest absolute Gasteiger partial charge is 0.472 e. The number of quaternary nitrogens is 1. The van der Waals surface area contributed by atoms with Crippen LogP contribution in [0.15, 0.2) is 72.9 Å². The Bertz CT molecular complexity index is 1280. The van der Waals surface area contributed by atoms with E-state index < -0.39 is 32.5 Å². The first-order valence-electron chi connectivity index (χ1n) is 24.7. The molecule has 0 aliphatic heterocycles. The number of carbonyl (C=O) groups excluding carboxylic acids is 2. The van der Waals surface area contributed by atoms with Crippen LogP contribution >= 0.6 is 7.82 Å². The molecule has 62 heavy (non-hydrogen) atoms. The second kappa shape index (κ2) is 43.7. The molecule has 0 saturated heterocycles. The monoisotopic (exact) mass is 891 g/mol. The average Bonchev–Trinajstić information content (AvgIpc) is 3.23. The zero-order chi connectivity index (χ0) is 45.7. The second-order valence-corrected chi connectivity index (χ2v) is 18.9. The van der Waals surface area contributed by atoms with E-state index in [2.05, 4.69) is 86.8 Å². The minimum Gasteiger partial charge on any atom is -0.462 e. The van der Waals surface area contributed by atoms with Crippen molar-refractivity contribution in [1.29, 1.82) is 0 Å². The molecule has 9 nitrogen and oxygen atoms in total. The predicted molar refractivity (Wildman–Crippen MR) is 261 cm³/mol. The van der Waals surface area contributed by atoms with Crippen molar-refractivity contribution in [3.8, 4) is 0 Å². The van der Waals surface area contributed by atoms with Gasteiger partial charge in [0.15, 0.2) is 6.10 Å². The summed E-state index contributed by atoms with van der Waals surface area (Å²) < 4.78 is 34.3. The molecule has 0 spiro atoms. The third-order valence-electron chi connectivity index (χ3n) is 10.2. The Balaban J connectivity index is 4.26. The van der Waals surface area contributed by atoms with Crippen LogP contribution in [0.5, 0.6) is 0 Å². The van der Waals surface area contributed by atoms with E-state index in [4.69, 9.17) is 18.5 Å². The van der Waals surface area contributed by atoms with E-state index in [1.165, 1.54) is 77.0 Å². The number of carbonyl (C=O) groups is 2. The summed E-state index contributed by atoms with van der Waals surface area (Å²) >= 11 is 0. The van der Waals surface area contributed by atoms with Gasteiger partial charge in [-0.25, -0.2) is 4.57 Å². The van der Waals surface area contributed by atoms with Gasteiger partial charge in [0.1, 0.15) is 19.8 Å². The van der Waals surface area contributed by atoms with Crippen LogP contribution in [0.3, 0.4) is 0 Å². The van der Waals surface area contributed by atoms with Crippen LogP contribution in [0.25, 0.3) is 0 Å². The number of ether oxygens (including phenoxy) is 2. The fourth-order valence-electron chi connectivity index (χ4n) is 6.39. The molecule has 0 heterocycles. The average molecular weight is 891 g/mol. The number of nitrogens with zero attached hydrogens (tertiary/aromatic N) is 1. The smallest absolute Gasteiger partial charge is 0.462 e. The molecule has 0 saturated carbocycles. The number of phosphoric acid groups is 1. The minimum atomic E-state index is -4.39. The number of hydrogen-bond acceptors (Lipinski definition) is 7. The highest BCUT2D eigenvalue weighted by molar-refractivity contribution is 7.47. The molecule has 0 aromatic rings. The summed E-state index contributed by atoms with van der Waals surface area (Å²) in [6.45, 7) is 4.25. The van der Waals surface area contributed by atoms with Crippen molar-refractivity contribution in [3.63, 3.8) is 0 Å². The fraction of sp³-hybridized carbons (Fsp3) is 0.731. The van der Waals surface area contributed by atoms with Crippen LogP contribution in [0, 0.1) is 0 Å². The van der Waals surface area contributed by atoms with Gasteiger partial charge in [-0.05, 0) is 83.5 Å². The maximum Gasteiger partial charge on any atom is 0.472 e. The van der Waals surface area contributed by atoms with Gasteiger partial charge in [0.05, 0.1) is 27.7 Å². The summed E-state index contributed by atoms with van der Waals surface area (Å²) in [5.74, 6) is -0.841. The van der Waals surface area contributed by atoms with Gasteiger partial charge >= 0.3 is 19.8 Å². The van der Waals surface area contributed by atoms with Crippen LogP contribution in [-0.4, -0.2) is 74.9 Å². The molecule has 358 valence electrons. The molecule has 0 rings (SSSR count). The number of hydrogen-bond donors (Lipinski definition) is 1. The zero-order valence-electron chi connectivity index (χ0n) is 40.3. The molecule has 0 bridgehead atoms. The highest BCUT2D eigenvalue weighted by Gasteiger charge is 2.27. The predicted octanol–water partition coefficient (Wildman–Crippen LogP) is 14.6. The summed E-state index contributed by atoms with van der Waals surface area (Å²) in [7, 11) is 1.45. The van der Waals surface area contributed by atoms with Crippen molar-refractivity contribution in [2.75, 3.05) is 47.5 Å². The minimum absolute atomic E-state index is 0.0227. The van der Waals surface area contributed by atoms with Crippen LogP contribution in [0.1, 0.15) is 194 Å². The molecule has 0 aliphatic rings. The summed E-state index contributed by atoms with van der Waals surface area (Å²) in [6, 6.07) is 0. The van der Waals surface area contributed by atoms with E-state index in [1.807, 2.05) is 21.1 Å². The molecule has 0 aromatic carbocycles. The van der Waals surface area contributed by atoms with E-state index in [9.17, 15) is 19.0 Å². The lowest BCUT2D eigenvalue weighted by Gasteiger charge is -2.24. The van der Waals surface area contributed by atoms with Crippen molar-refractivity contribution in [2.24, 2.45) is 0 Å². The van der Waals surface area contributed by atoms with Crippen LogP contribution in [0.4, 0.5) is 0 Å². The molecular formula is C52H93NO8P+. The van der Waals surface area contributed by atoms with Crippen LogP contribution < -0.4 is 0 Å². The summed E-state index contributed by atoms with van der Waals surface area (Å²) in [5, 5.41) is 0. The fourth-order valence-corrected chi connectivity index (χ4v) is 7.13. The van der Waals surface area contributed by atoms with Gasteiger partial charge in [0, 0.05) is 12.8 Å². The zero-order valence-corrected chi connectivity index (χ0v) is 41.2. The highest BCUT2D eigenvalue weighted by atomic mass is 31.2. The Labute approximate surface area is 380 Å². The molecule has 2 atom stereocenters. The lowest BCUT2D eigenvalue weighted by Crippen LogP contribution is -2.37. The van der Waals surface area contributed by atoms with E-state index in [0.29, 0.717) is 23.9 Å². The Morgan fingerprint density at radius 3 is 1.39 bits per heavy atom. The Morgan fingerprint density at radius 1 is 0.516 bits per heavy atom. The van der Waals surface area contributed by atoms with Crippen molar-refractivity contribution >= 4 is 19.8 Å². The number of unbranched alkanes of at least 4 members (excludes halogenated alkanes) is 18. The Kier molecular flexibility index (Phi) is 41.9. The van der Waals surface area contributed by atoms with Crippen molar-refractivity contribution < 1.29 is 42.1 Å². The molecule has 0 aliphatic carbocycles. The van der Waals surface area contributed by atoms with Gasteiger partial charge in [-0.2, -0.15) is 0 Å². The maximum atomic E-state index is 12.7. The quantitative estimate of drug-likeness (QED) is 0.0212. The number of likely N-dealkylation sites (N-methyl/N-ethyl adjacent to an activating group) is 1. The molecule has 0 amide bonds. The van der Waals surface area contributed by atoms with Gasteiger partial charge in [-0.3, -0.25) is 18.6 Å². The van der Waals surface area contributed by atoms with Crippen LogP contribution in [0.2, 0.25) is 0 Å². The van der Waals surface area contributed by atoms with Gasteiger partial charge < -0.3 is 18.9 Å². The maximum absolute atomic E-state index is 12.7. The van der Waals surface area contributed by atoms with Gasteiger partial charge in [0.25, 0.3) is 0 Å². The third-order valence-corrected chi connectivity index (χ3v) is 11.2. The molecule has 10 heteroatoms. The Morgan fingerprint density at radius 2 is 0.919 bits per heavy atom. The van der Waals surface area contributed by atoms with Crippen molar-refractivity contribution in [3.05, 3.63) is 72.9 Å². The van der Waals surface area contributed by atoms with Gasteiger partial charge in [-0.1, -0.05) is 170 Å². The standard InChI is InChI=1S/C52H92NO8P/c1-6-8-10-12-14-16-18-20-21-22-23-24-25-26-27-28-29-30-31-33-35-37-39-41-43-45-52(55)61-50(49-60-62(56,57)59-47-46-53(3,4)5)48-58-51(54)44-42-40-38-36-34-32-19-17-15-13-11-9-7-2/h9,11,15,17-18,20,22-23,25-26,32,34,50H,6-8,10,12-14,16,19,21,24,27-31,33,35-49H2,1-5H3/p+1/b11-9-,17-15-,20-18-,23-22-,26-25-,34-32-. The second-order valence-electron chi connectivity index (χ2n) is 17.5. The summed E-state index contributed by atoms with van der Waals surface area (Å²) in [5.41, 5.74) is 0. The topological polar surface area (TPSA) is 108 Å². The van der Waals surface area contributed by atoms with E-state index >= 15 is 0 Å². The lowest BCUT2D eigenvalue weighted by atomic mass is 10.0. The third kappa shape index (κ3) is 46.9. The first-order valence-corrected chi connectivity index (χ1v) is 26.2. The molecule has 0 radical (unpaired) electrons. The number of rotatable bonds is 44. The lowest BCUT2D eigenvalue weighted by molar-refractivity contribution is -0.870. The van der Waals surface area contributed by atoms with Crippen molar-refractivity contribution in [2.45, 2.75) is 200 Å². The van der Waals surface area contributed by atoms with Crippen LogP contribution in [-0.2, 0) is 32.7 Å². The summed E-state index contributed by atoms with van der Waals surface area (Å²) in [6.07, 6.45) is 55.3. The first-order chi connectivity index (χ1) is 30.0. The first kappa shape index (κ1) is 59.5. The molecular weight excluding hydrogens is 798 g/mol. The van der Waals surface area contributed by atoms with E-state index in [-0.39, 0.29) is 26.1 Å². The molecule has 2 unspecified atom stereocenters. The van der Waals surface area contributed by atoms with E-state index in [0.717, 1.165) is 77.0 Å². The Hall–Kier alpha value is -2.55.